The van der Waals surface area contributed by atoms with Crippen molar-refractivity contribution in [3.63, 3.8) is 0 Å². The van der Waals surface area contributed by atoms with Crippen LogP contribution in [0.1, 0.15) is 12.6 Å². The first-order valence-corrected chi connectivity index (χ1v) is 7.21. The molecule has 0 aliphatic heterocycles. The number of aromatic nitrogens is 2. The summed E-state index contributed by atoms with van der Waals surface area (Å²) < 4.78 is 14.7. The van der Waals surface area contributed by atoms with Gasteiger partial charge in [0.05, 0.1) is 11.4 Å². The first-order chi connectivity index (χ1) is 11.6. The Kier molecular flexibility index (Phi) is 4.08. The topological polar surface area (TPSA) is 70.7 Å². The number of amides is 1. The number of rotatable bonds is 3. The summed E-state index contributed by atoms with van der Waals surface area (Å²) in [4.78, 5) is 11.1. The van der Waals surface area contributed by atoms with Crippen LogP contribution < -0.4 is 5.32 Å². The van der Waals surface area contributed by atoms with Gasteiger partial charge < -0.3 is 5.32 Å². The predicted molar refractivity (Wildman–Crippen MR) is 88.0 cm³/mol. The minimum Gasteiger partial charge on any atom is -0.326 e. The second-order valence-corrected chi connectivity index (χ2v) is 5.17. The summed E-state index contributed by atoms with van der Waals surface area (Å²) in [5.74, 6) is -0.488. The standard InChI is InChI=1S/C18H13FN4O/c1-12(24)21-15-6-2-13(3-7-15)18-10-16(11-20)22-23(18)17-8-4-14(19)5-9-17/h2-10H,1H3,(H,21,24). The van der Waals surface area contributed by atoms with Crippen molar-refractivity contribution in [2.24, 2.45) is 0 Å². The monoisotopic (exact) mass is 320 g/mol. The SMILES string of the molecule is CC(=O)Nc1ccc(-c2cc(C#N)nn2-c2ccc(F)cc2)cc1. The Hall–Kier alpha value is -3.46. The largest absolute Gasteiger partial charge is 0.326 e. The van der Waals surface area contributed by atoms with Crippen LogP contribution in [0, 0.1) is 17.1 Å². The zero-order valence-electron chi connectivity index (χ0n) is 12.8. The fourth-order valence-corrected chi connectivity index (χ4v) is 2.35. The van der Waals surface area contributed by atoms with Gasteiger partial charge in [-0.2, -0.15) is 10.4 Å². The molecule has 118 valence electrons. The number of anilines is 1. The van der Waals surface area contributed by atoms with E-state index >= 15 is 0 Å². The number of benzene rings is 2. The van der Waals surface area contributed by atoms with Gasteiger partial charge in [0.1, 0.15) is 11.9 Å². The van der Waals surface area contributed by atoms with Crippen LogP contribution >= 0.6 is 0 Å². The molecule has 2 aromatic carbocycles. The molecule has 6 heteroatoms. The first-order valence-electron chi connectivity index (χ1n) is 7.21. The van der Waals surface area contributed by atoms with Crippen LogP contribution in [-0.2, 0) is 4.79 Å². The van der Waals surface area contributed by atoms with Crippen molar-refractivity contribution in [3.05, 3.63) is 66.1 Å². The molecule has 0 aliphatic carbocycles. The van der Waals surface area contributed by atoms with E-state index in [1.165, 1.54) is 19.1 Å². The lowest BCUT2D eigenvalue weighted by molar-refractivity contribution is -0.114. The molecule has 0 saturated carbocycles. The van der Waals surface area contributed by atoms with Crippen molar-refractivity contribution in [1.29, 1.82) is 5.26 Å². The van der Waals surface area contributed by atoms with E-state index in [-0.39, 0.29) is 17.4 Å². The molecule has 0 unspecified atom stereocenters. The van der Waals surface area contributed by atoms with Crippen molar-refractivity contribution in [3.8, 4) is 23.0 Å². The highest BCUT2D eigenvalue weighted by atomic mass is 19.1. The number of halogens is 1. The normalized spacial score (nSPS) is 10.2. The summed E-state index contributed by atoms with van der Waals surface area (Å²) in [6, 6.07) is 16.7. The molecular formula is C18H13FN4O. The summed E-state index contributed by atoms with van der Waals surface area (Å²) in [5, 5.41) is 16.1. The molecule has 0 radical (unpaired) electrons. The van der Waals surface area contributed by atoms with Crippen LogP contribution in [0.2, 0.25) is 0 Å². The minimum absolute atomic E-state index is 0.147. The van der Waals surface area contributed by atoms with Gasteiger partial charge in [0.15, 0.2) is 5.69 Å². The van der Waals surface area contributed by atoms with Gasteiger partial charge in [-0.1, -0.05) is 12.1 Å². The molecule has 24 heavy (non-hydrogen) atoms. The van der Waals surface area contributed by atoms with E-state index in [2.05, 4.69) is 10.4 Å². The second kappa shape index (κ2) is 6.34. The van der Waals surface area contributed by atoms with Crippen molar-refractivity contribution >= 4 is 11.6 Å². The Morgan fingerprint density at radius 1 is 1.17 bits per heavy atom. The first kappa shape index (κ1) is 15.4. The predicted octanol–water partition coefficient (Wildman–Crippen LogP) is 3.51. The second-order valence-electron chi connectivity index (χ2n) is 5.17. The zero-order valence-corrected chi connectivity index (χ0v) is 12.8. The molecule has 0 saturated heterocycles. The molecule has 0 aliphatic rings. The Balaban J connectivity index is 2.04. The van der Waals surface area contributed by atoms with E-state index in [0.29, 0.717) is 17.1 Å². The van der Waals surface area contributed by atoms with E-state index in [4.69, 9.17) is 5.26 Å². The summed E-state index contributed by atoms with van der Waals surface area (Å²) in [7, 11) is 0. The van der Waals surface area contributed by atoms with Gasteiger partial charge >= 0.3 is 0 Å². The third kappa shape index (κ3) is 3.15. The molecular weight excluding hydrogens is 307 g/mol. The smallest absolute Gasteiger partial charge is 0.221 e. The Morgan fingerprint density at radius 2 is 1.83 bits per heavy atom. The molecule has 1 aromatic heterocycles. The average Bonchev–Trinajstić information content (AvgIpc) is 3.00. The Morgan fingerprint density at radius 3 is 2.42 bits per heavy atom. The molecule has 3 aromatic rings. The fraction of sp³-hybridized carbons (Fsp3) is 0.0556. The van der Waals surface area contributed by atoms with Crippen molar-refractivity contribution < 1.29 is 9.18 Å². The van der Waals surface area contributed by atoms with Gasteiger partial charge in [0, 0.05) is 24.2 Å². The summed E-state index contributed by atoms with van der Waals surface area (Å²) in [6.45, 7) is 1.44. The van der Waals surface area contributed by atoms with Crippen molar-refractivity contribution in [1.82, 2.24) is 9.78 Å². The highest BCUT2D eigenvalue weighted by Crippen LogP contribution is 2.25. The fourth-order valence-electron chi connectivity index (χ4n) is 2.35. The zero-order chi connectivity index (χ0) is 17.1. The van der Waals surface area contributed by atoms with Gasteiger partial charge in [-0.3, -0.25) is 4.79 Å². The number of hydrogen-bond acceptors (Lipinski definition) is 3. The molecule has 0 spiro atoms. The number of nitrogens with zero attached hydrogens (tertiary/aromatic N) is 3. The van der Waals surface area contributed by atoms with Gasteiger partial charge in [-0.05, 0) is 36.4 Å². The van der Waals surface area contributed by atoms with Crippen LogP contribution in [0.15, 0.2) is 54.6 Å². The van der Waals surface area contributed by atoms with Gasteiger partial charge in [-0.15, -0.1) is 0 Å². The van der Waals surface area contributed by atoms with Gasteiger partial charge in [0.25, 0.3) is 0 Å². The molecule has 1 N–H and O–H groups in total. The highest BCUT2D eigenvalue weighted by molar-refractivity contribution is 5.88. The van der Waals surface area contributed by atoms with Crippen molar-refractivity contribution in [2.75, 3.05) is 5.32 Å². The van der Waals surface area contributed by atoms with Crippen LogP contribution in [0.4, 0.5) is 10.1 Å². The third-order valence-electron chi connectivity index (χ3n) is 3.40. The van der Waals surface area contributed by atoms with E-state index in [9.17, 15) is 9.18 Å². The molecule has 0 fully saturated rings. The highest BCUT2D eigenvalue weighted by Gasteiger charge is 2.12. The molecule has 1 heterocycles. The van der Waals surface area contributed by atoms with Gasteiger partial charge in [-0.25, -0.2) is 9.07 Å². The number of nitriles is 1. The Bertz CT molecular complexity index is 921. The lowest BCUT2D eigenvalue weighted by Gasteiger charge is -2.08. The van der Waals surface area contributed by atoms with E-state index < -0.39 is 0 Å². The summed E-state index contributed by atoms with van der Waals surface area (Å²) in [5.41, 5.74) is 3.12. The summed E-state index contributed by atoms with van der Waals surface area (Å²) in [6.07, 6.45) is 0. The molecule has 0 bridgehead atoms. The summed E-state index contributed by atoms with van der Waals surface area (Å²) >= 11 is 0. The number of hydrogen-bond donors (Lipinski definition) is 1. The van der Waals surface area contributed by atoms with Crippen LogP contribution in [0.3, 0.4) is 0 Å². The molecule has 5 nitrogen and oxygen atoms in total. The van der Waals surface area contributed by atoms with E-state index in [1.54, 1.807) is 35.0 Å². The van der Waals surface area contributed by atoms with E-state index in [1.807, 2.05) is 18.2 Å². The number of carbonyl (C=O) groups excluding carboxylic acids is 1. The maximum Gasteiger partial charge on any atom is 0.221 e. The average molecular weight is 320 g/mol. The number of carbonyl (C=O) groups is 1. The van der Waals surface area contributed by atoms with Gasteiger partial charge in [0.2, 0.25) is 5.91 Å². The Labute approximate surface area is 138 Å². The molecule has 0 atom stereocenters. The van der Waals surface area contributed by atoms with Crippen molar-refractivity contribution in [2.45, 2.75) is 6.92 Å². The van der Waals surface area contributed by atoms with E-state index in [0.717, 1.165) is 5.56 Å². The molecule has 3 rings (SSSR count). The maximum absolute atomic E-state index is 13.1. The lowest BCUT2D eigenvalue weighted by Crippen LogP contribution is -2.05. The van der Waals surface area contributed by atoms with Crippen LogP contribution in [0.5, 0.6) is 0 Å². The molecule has 1 amide bonds. The quantitative estimate of drug-likeness (QED) is 0.803. The van der Waals surface area contributed by atoms with Crippen LogP contribution in [0.25, 0.3) is 16.9 Å². The number of nitrogens with one attached hydrogen (secondary N) is 1. The lowest BCUT2D eigenvalue weighted by atomic mass is 10.1. The maximum atomic E-state index is 13.1. The third-order valence-corrected chi connectivity index (χ3v) is 3.40. The minimum atomic E-state index is -0.340. The van der Waals surface area contributed by atoms with Crippen LogP contribution in [-0.4, -0.2) is 15.7 Å².